The molecule has 0 radical (unpaired) electrons. The van der Waals surface area contributed by atoms with E-state index in [0.717, 1.165) is 34.0 Å². The predicted molar refractivity (Wildman–Crippen MR) is 141 cm³/mol. The summed E-state index contributed by atoms with van der Waals surface area (Å²) in [5, 5.41) is 1.30. The van der Waals surface area contributed by atoms with Gasteiger partial charge in [-0.2, -0.15) is 4.31 Å². The lowest BCUT2D eigenvalue weighted by Crippen LogP contribution is -2.36. The zero-order valence-corrected chi connectivity index (χ0v) is 20.9. The van der Waals surface area contributed by atoms with Crippen LogP contribution in [0.5, 0.6) is 11.5 Å². The van der Waals surface area contributed by atoms with E-state index in [1.165, 1.54) is 5.41 Å². The first-order valence-electron chi connectivity index (χ1n) is 12.2. The fraction of sp³-hybridized carbons (Fsp3) is 0.214. The number of H-pyrrole nitrogens is 1. The summed E-state index contributed by atoms with van der Waals surface area (Å²) in [6.07, 6.45) is 4.75. The fourth-order valence-electron chi connectivity index (χ4n) is 4.73. The van der Waals surface area contributed by atoms with E-state index in [2.05, 4.69) is 9.97 Å². The second kappa shape index (κ2) is 9.84. The third kappa shape index (κ3) is 4.87. The molecule has 4 aromatic rings. The van der Waals surface area contributed by atoms with Gasteiger partial charge in [0.25, 0.3) is 0 Å². The van der Waals surface area contributed by atoms with Gasteiger partial charge >= 0.3 is 0 Å². The van der Waals surface area contributed by atoms with Gasteiger partial charge in [-0.05, 0) is 54.8 Å². The highest BCUT2D eigenvalue weighted by Crippen LogP contribution is 2.39. The molecular formula is C28H26N4O4S. The number of ether oxygens (including phenoxy) is 2. The lowest BCUT2D eigenvalue weighted by molar-refractivity contribution is 0.174. The van der Waals surface area contributed by atoms with E-state index in [9.17, 15) is 8.42 Å². The molecule has 4 heterocycles. The number of imidazole rings is 1. The number of pyridine rings is 1. The maximum absolute atomic E-state index is 12.9. The van der Waals surface area contributed by atoms with Crippen molar-refractivity contribution in [1.29, 1.82) is 0 Å². The molecule has 2 aliphatic heterocycles. The van der Waals surface area contributed by atoms with Crippen LogP contribution in [-0.2, 0) is 10.0 Å². The summed E-state index contributed by atoms with van der Waals surface area (Å²) in [4.78, 5) is 13.0. The van der Waals surface area contributed by atoms with Crippen LogP contribution < -0.4 is 9.47 Å². The van der Waals surface area contributed by atoms with Crippen LogP contribution in [0.1, 0.15) is 30.1 Å². The standard InChI is InChI=1S/C28H26N4O4S/c33-37(34,17-13-20-6-2-1-3-7-20)32-15-11-21(12-16-32)28-30-26(27(31-28)23-8-4-5-14-29-23)22-9-10-24-25(18-22)36-19-35-24/h1-10,13-14,17-18,21H,11-12,15-16,19H2,(H,30,31)/b17-13+. The SMILES string of the molecule is O=S(=O)(/C=C/c1ccccc1)N1CCC(c2nc(-c3ccc4c(c3)OCO4)c(-c3ccccn3)[nH]2)CC1. The minimum Gasteiger partial charge on any atom is -0.454 e. The Bertz CT molecular complexity index is 1530. The molecule has 0 aliphatic carbocycles. The Morgan fingerprint density at radius 1 is 0.946 bits per heavy atom. The summed E-state index contributed by atoms with van der Waals surface area (Å²) in [5.74, 6) is 2.35. The Morgan fingerprint density at radius 3 is 2.51 bits per heavy atom. The first-order valence-corrected chi connectivity index (χ1v) is 13.7. The summed E-state index contributed by atoms with van der Waals surface area (Å²) in [7, 11) is -3.50. The minimum atomic E-state index is -3.50. The van der Waals surface area contributed by atoms with E-state index in [0.29, 0.717) is 37.4 Å². The number of aromatic amines is 1. The van der Waals surface area contributed by atoms with Gasteiger partial charge in [-0.15, -0.1) is 0 Å². The molecule has 6 rings (SSSR count). The molecule has 8 nitrogen and oxygen atoms in total. The molecule has 0 unspecified atom stereocenters. The van der Waals surface area contributed by atoms with Gasteiger partial charge in [-0.25, -0.2) is 13.4 Å². The van der Waals surface area contributed by atoms with Crippen LogP contribution in [0, 0.1) is 0 Å². The fourth-order valence-corrected chi connectivity index (χ4v) is 5.95. The highest BCUT2D eigenvalue weighted by molar-refractivity contribution is 7.92. The van der Waals surface area contributed by atoms with E-state index in [4.69, 9.17) is 14.5 Å². The number of aromatic nitrogens is 3. The van der Waals surface area contributed by atoms with Crippen molar-refractivity contribution in [2.45, 2.75) is 18.8 Å². The lowest BCUT2D eigenvalue weighted by Gasteiger charge is -2.29. The Kier molecular flexibility index (Phi) is 6.23. The van der Waals surface area contributed by atoms with Gasteiger partial charge in [0.2, 0.25) is 16.8 Å². The summed E-state index contributed by atoms with van der Waals surface area (Å²) < 4.78 is 38.4. The first kappa shape index (κ1) is 23.4. The number of rotatable bonds is 6. The number of hydrogen-bond acceptors (Lipinski definition) is 6. The maximum Gasteiger partial charge on any atom is 0.236 e. The third-order valence-electron chi connectivity index (χ3n) is 6.72. The molecule has 0 atom stereocenters. The molecule has 1 saturated heterocycles. The molecule has 9 heteroatoms. The summed E-state index contributed by atoms with van der Waals surface area (Å²) in [6.45, 7) is 1.08. The number of hydrogen-bond donors (Lipinski definition) is 1. The first-order chi connectivity index (χ1) is 18.1. The quantitative estimate of drug-likeness (QED) is 0.387. The number of nitrogens with one attached hydrogen (secondary N) is 1. The van der Waals surface area contributed by atoms with Gasteiger partial charge < -0.3 is 14.5 Å². The molecule has 1 N–H and O–H groups in total. The second-order valence-electron chi connectivity index (χ2n) is 9.06. The predicted octanol–water partition coefficient (Wildman–Crippen LogP) is 5.05. The molecule has 0 amide bonds. The van der Waals surface area contributed by atoms with Crippen molar-refractivity contribution in [2.75, 3.05) is 19.9 Å². The van der Waals surface area contributed by atoms with Crippen molar-refractivity contribution in [3.05, 3.63) is 89.7 Å². The van der Waals surface area contributed by atoms with Crippen LogP contribution in [0.2, 0.25) is 0 Å². The minimum absolute atomic E-state index is 0.106. The van der Waals surface area contributed by atoms with Crippen LogP contribution >= 0.6 is 0 Å². The Morgan fingerprint density at radius 2 is 1.73 bits per heavy atom. The Balaban J connectivity index is 1.24. The van der Waals surface area contributed by atoms with E-state index in [-0.39, 0.29) is 12.7 Å². The van der Waals surface area contributed by atoms with Crippen LogP contribution in [0.25, 0.3) is 28.7 Å². The molecule has 37 heavy (non-hydrogen) atoms. The second-order valence-corrected chi connectivity index (χ2v) is 10.9. The zero-order chi connectivity index (χ0) is 25.2. The van der Waals surface area contributed by atoms with Crippen molar-refractivity contribution in [3.8, 4) is 34.1 Å². The number of piperidine rings is 1. The molecule has 2 aromatic carbocycles. The van der Waals surface area contributed by atoms with E-state index in [1.807, 2.05) is 66.7 Å². The van der Waals surface area contributed by atoms with E-state index < -0.39 is 10.0 Å². The molecule has 188 valence electrons. The monoisotopic (exact) mass is 514 g/mol. The van der Waals surface area contributed by atoms with Gasteiger partial charge in [0.15, 0.2) is 11.5 Å². The van der Waals surface area contributed by atoms with E-state index in [1.54, 1.807) is 16.6 Å². The summed E-state index contributed by atoms with van der Waals surface area (Å²) in [6, 6.07) is 21.0. The third-order valence-corrected chi connectivity index (χ3v) is 8.29. The largest absolute Gasteiger partial charge is 0.454 e. The van der Waals surface area contributed by atoms with Crippen molar-refractivity contribution in [1.82, 2.24) is 19.3 Å². The average molecular weight is 515 g/mol. The molecule has 0 bridgehead atoms. The molecule has 2 aromatic heterocycles. The number of sulfonamides is 1. The number of nitrogens with zero attached hydrogens (tertiary/aromatic N) is 3. The Hall–Kier alpha value is -3.95. The van der Waals surface area contributed by atoms with Crippen LogP contribution in [0.15, 0.2) is 78.3 Å². The zero-order valence-electron chi connectivity index (χ0n) is 20.1. The number of benzene rings is 2. The van der Waals surface area contributed by atoms with Crippen LogP contribution in [-0.4, -0.2) is 47.6 Å². The van der Waals surface area contributed by atoms with Crippen LogP contribution in [0.3, 0.4) is 0 Å². The van der Waals surface area contributed by atoms with Gasteiger partial charge in [0.1, 0.15) is 5.82 Å². The number of fused-ring (bicyclic) bond motifs is 1. The van der Waals surface area contributed by atoms with E-state index >= 15 is 0 Å². The van der Waals surface area contributed by atoms with Crippen molar-refractivity contribution < 1.29 is 17.9 Å². The van der Waals surface area contributed by atoms with Gasteiger partial charge in [-0.3, -0.25) is 4.98 Å². The molecule has 1 fully saturated rings. The lowest BCUT2D eigenvalue weighted by atomic mass is 9.97. The smallest absolute Gasteiger partial charge is 0.236 e. The van der Waals surface area contributed by atoms with Gasteiger partial charge in [0, 0.05) is 36.2 Å². The highest BCUT2D eigenvalue weighted by Gasteiger charge is 2.30. The highest BCUT2D eigenvalue weighted by atomic mass is 32.2. The van der Waals surface area contributed by atoms with Crippen molar-refractivity contribution in [2.24, 2.45) is 0 Å². The van der Waals surface area contributed by atoms with Crippen molar-refractivity contribution in [3.63, 3.8) is 0 Å². The topological polar surface area (TPSA) is 97.4 Å². The normalized spacial score (nSPS) is 16.4. The molecular weight excluding hydrogens is 488 g/mol. The molecule has 0 spiro atoms. The van der Waals surface area contributed by atoms with Crippen LogP contribution in [0.4, 0.5) is 0 Å². The van der Waals surface area contributed by atoms with Crippen molar-refractivity contribution >= 4 is 16.1 Å². The molecule has 2 aliphatic rings. The summed E-state index contributed by atoms with van der Waals surface area (Å²) in [5.41, 5.74) is 4.16. The Labute approximate surface area is 215 Å². The van der Waals surface area contributed by atoms with Gasteiger partial charge in [0.05, 0.1) is 17.1 Å². The maximum atomic E-state index is 12.9. The van der Waals surface area contributed by atoms with Gasteiger partial charge in [-0.1, -0.05) is 36.4 Å². The average Bonchev–Trinajstić information content (AvgIpc) is 3.60. The summed E-state index contributed by atoms with van der Waals surface area (Å²) >= 11 is 0. The molecule has 0 saturated carbocycles.